The monoisotopic (exact) mass is 498 g/mol. The molecule has 0 unspecified atom stereocenters. The molecule has 3 rings (SSSR count). The van der Waals surface area contributed by atoms with Crippen LogP contribution in [0.2, 0.25) is 0 Å². The molecule has 2 aromatic rings. The quantitative estimate of drug-likeness (QED) is 0.278. The van der Waals surface area contributed by atoms with Crippen LogP contribution in [0.4, 0.5) is 0 Å². The number of rotatable bonds is 6. The fourth-order valence-electron chi connectivity index (χ4n) is 2.80. The molecule has 1 aromatic heterocycles. The van der Waals surface area contributed by atoms with Gasteiger partial charge in [-0.05, 0) is 38.1 Å². The number of guanidine groups is 1. The molecule has 144 valence electrons. The van der Waals surface area contributed by atoms with Gasteiger partial charge < -0.3 is 10.6 Å². The van der Waals surface area contributed by atoms with Gasteiger partial charge in [0.1, 0.15) is 0 Å². The van der Waals surface area contributed by atoms with Gasteiger partial charge in [-0.2, -0.15) is 0 Å². The van der Waals surface area contributed by atoms with E-state index in [0.717, 1.165) is 6.54 Å². The van der Waals surface area contributed by atoms with E-state index < -0.39 is 0 Å². The van der Waals surface area contributed by atoms with E-state index in [-0.39, 0.29) is 35.8 Å². The van der Waals surface area contributed by atoms with Crippen LogP contribution in [0.1, 0.15) is 37.4 Å². The molecule has 6 nitrogen and oxygen atoms in total. The Balaban J connectivity index is 0.00000261. The number of aryl methyl sites for hydroxylation is 1. The maximum absolute atomic E-state index is 12.4. The molecule has 0 fully saturated rings. The minimum Gasteiger partial charge on any atom is -0.357 e. The number of nitrogens with zero attached hydrogens (tertiary/aromatic N) is 2. The molecule has 2 amide bonds. The second-order valence-electron chi connectivity index (χ2n) is 5.94. The highest BCUT2D eigenvalue weighted by molar-refractivity contribution is 14.0. The van der Waals surface area contributed by atoms with Crippen LogP contribution in [-0.4, -0.2) is 42.3 Å². The number of fused-ring (bicyclic) bond motifs is 1. The molecule has 2 heterocycles. The first-order chi connectivity index (χ1) is 12.6. The van der Waals surface area contributed by atoms with E-state index in [1.165, 1.54) is 14.7 Å². The van der Waals surface area contributed by atoms with Gasteiger partial charge in [-0.1, -0.05) is 12.1 Å². The molecule has 8 heteroatoms. The average molecular weight is 498 g/mol. The molecule has 2 N–H and O–H groups in total. The zero-order valence-electron chi connectivity index (χ0n) is 15.3. The van der Waals surface area contributed by atoms with Crippen molar-refractivity contribution >= 4 is 53.1 Å². The number of benzene rings is 1. The maximum Gasteiger partial charge on any atom is 0.261 e. The molecule has 0 saturated heterocycles. The highest BCUT2D eigenvalue weighted by Gasteiger charge is 2.34. The zero-order chi connectivity index (χ0) is 18.5. The predicted octanol–water partition coefficient (Wildman–Crippen LogP) is 3.03. The van der Waals surface area contributed by atoms with Crippen molar-refractivity contribution in [1.29, 1.82) is 0 Å². The van der Waals surface area contributed by atoms with Crippen molar-refractivity contribution in [3.8, 4) is 0 Å². The summed E-state index contributed by atoms with van der Waals surface area (Å²) in [6, 6.07) is 11.1. The SMILES string of the molecule is CCNC(=NCc1ccc(C)s1)NCCN1C(=O)c2ccccc2C1=O.I. The number of hydrogen-bond acceptors (Lipinski definition) is 4. The van der Waals surface area contributed by atoms with Crippen LogP contribution >= 0.6 is 35.3 Å². The lowest BCUT2D eigenvalue weighted by Gasteiger charge is -2.16. The normalized spacial score (nSPS) is 13.4. The highest BCUT2D eigenvalue weighted by atomic mass is 127. The Bertz CT molecular complexity index is 815. The van der Waals surface area contributed by atoms with Gasteiger partial charge >= 0.3 is 0 Å². The molecule has 0 spiro atoms. The third kappa shape index (κ3) is 5.07. The number of aliphatic imine (C=N–C) groups is 1. The first kappa shape index (κ1) is 21.4. The number of amides is 2. The summed E-state index contributed by atoms with van der Waals surface area (Å²) in [6.45, 7) is 6.15. The van der Waals surface area contributed by atoms with Crippen molar-refractivity contribution in [3.63, 3.8) is 0 Å². The van der Waals surface area contributed by atoms with E-state index in [9.17, 15) is 9.59 Å². The molecular weight excluding hydrogens is 475 g/mol. The Morgan fingerprint density at radius 1 is 1.07 bits per heavy atom. The van der Waals surface area contributed by atoms with Crippen LogP contribution in [0.25, 0.3) is 0 Å². The van der Waals surface area contributed by atoms with Gasteiger partial charge in [-0.25, -0.2) is 4.99 Å². The second kappa shape index (κ2) is 9.84. The molecule has 27 heavy (non-hydrogen) atoms. The van der Waals surface area contributed by atoms with Crippen LogP contribution in [0.15, 0.2) is 41.4 Å². The van der Waals surface area contributed by atoms with Gasteiger partial charge in [0.15, 0.2) is 5.96 Å². The molecule has 1 aliphatic heterocycles. The van der Waals surface area contributed by atoms with Crippen molar-refractivity contribution in [2.24, 2.45) is 4.99 Å². The van der Waals surface area contributed by atoms with Gasteiger partial charge in [0.05, 0.1) is 17.7 Å². The Labute approximate surface area is 180 Å². The number of thiophene rings is 1. The third-order valence-corrected chi connectivity index (χ3v) is 5.02. The third-order valence-electron chi connectivity index (χ3n) is 4.04. The van der Waals surface area contributed by atoms with Crippen molar-refractivity contribution < 1.29 is 9.59 Å². The predicted molar refractivity (Wildman–Crippen MR) is 119 cm³/mol. The van der Waals surface area contributed by atoms with Crippen LogP contribution in [0.3, 0.4) is 0 Å². The molecule has 1 aromatic carbocycles. The summed E-state index contributed by atoms with van der Waals surface area (Å²) < 4.78 is 0. The van der Waals surface area contributed by atoms with Crippen LogP contribution in [0.5, 0.6) is 0 Å². The Morgan fingerprint density at radius 3 is 2.30 bits per heavy atom. The lowest BCUT2D eigenvalue weighted by Crippen LogP contribution is -2.43. The minimum absolute atomic E-state index is 0. The summed E-state index contributed by atoms with van der Waals surface area (Å²) in [5, 5.41) is 6.37. The summed E-state index contributed by atoms with van der Waals surface area (Å²) in [5.41, 5.74) is 0.956. The van der Waals surface area contributed by atoms with E-state index >= 15 is 0 Å². The first-order valence-electron chi connectivity index (χ1n) is 8.63. The summed E-state index contributed by atoms with van der Waals surface area (Å²) >= 11 is 1.73. The van der Waals surface area contributed by atoms with Gasteiger partial charge in [0.25, 0.3) is 11.8 Å². The van der Waals surface area contributed by atoms with E-state index in [4.69, 9.17) is 0 Å². The molecular formula is C19H23IN4O2S. The molecule has 0 radical (unpaired) electrons. The summed E-state index contributed by atoms with van der Waals surface area (Å²) in [6.07, 6.45) is 0. The van der Waals surface area contributed by atoms with E-state index in [1.807, 2.05) is 6.92 Å². The van der Waals surface area contributed by atoms with Crippen LogP contribution < -0.4 is 10.6 Å². The van der Waals surface area contributed by atoms with Gasteiger partial charge in [-0.15, -0.1) is 35.3 Å². The van der Waals surface area contributed by atoms with Crippen molar-refractivity contribution in [2.45, 2.75) is 20.4 Å². The van der Waals surface area contributed by atoms with Crippen molar-refractivity contribution in [3.05, 3.63) is 57.3 Å². The van der Waals surface area contributed by atoms with Crippen LogP contribution in [0, 0.1) is 6.92 Å². The van der Waals surface area contributed by atoms with Crippen molar-refractivity contribution in [1.82, 2.24) is 15.5 Å². The summed E-state index contributed by atoms with van der Waals surface area (Å²) in [7, 11) is 0. The number of nitrogens with one attached hydrogen (secondary N) is 2. The molecule has 0 bridgehead atoms. The lowest BCUT2D eigenvalue weighted by atomic mass is 10.1. The largest absolute Gasteiger partial charge is 0.357 e. The van der Waals surface area contributed by atoms with Gasteiger partial charge in [-0.3, -0.25) is 14.5 Å². The van der Waals surface area contributed by atoms with Gasteiger partial charge in [0.2, 0.25) is 0 Å². The molecule has 1 aliphatic rings. The minimum atomic E-state index is -0.233. The number of carbonyl (C=O) groups is 2. The smallest absolute Gasteiger partial charge is 0.261 e. The number of carbonyl (C=O) groups excluding carboxylic acids is 2. The highest BCUT2D eigenvalue weighted by Crippen LogP contribution is 2.21. The molecule has 0 aliphatic carbocycles. The fraction of sp³-hybridized carbons (Fsp3) is 0.316. The van der Waals surface area contributed by atoms with Crippen molar-refractivity contribution in [2.75, 3.05) is 19.6 Å². The number of halogens is 1. The lowest BCUT2D eigenvalue weighted by molar-refractivity contribution is 0.0657. The second-order valence-corrected chi connectivity index (χ2v) is 7.31. The summed E-state index contributed by atoms with van der Waals surface area (Å²) in [4.78, 5) is 33.0. The Kier molecular flexibility index (Phi) is 7.78. The van der Waals surface area contributed by atoms with E-state index in [1.54, 1.807) is 35.6 Å². The van der Waals surface area contributed by atoms with E-state index in [2.05, 4.69) is 34.7 Å². The summed E-state index contributed by atoms with van der Waals surface area (Å²) in [5.74, 6) is 0.210. The van der Waals surface area contributed by atoms with E-state index in [0.29, 0.717) is 36.7 Å². The maximum atomic E-state index is 12.4. The topological polar surface area (TPSA) is 73.8 Å². The number of hydrogen-bond donors (Lipinski definition) is 2. The Hall–Kier alpha value is -1.94. The molecule has 0 atom stereocenters. The fourth-order valence-corrected chi connectivity index (χ4v) is 3.61. The average Bonchev–Trinajstić information content (AvgIpc) is 3.16. The standard InChI is InChI=1S/C19H22N4O2S.HI/c1-3-20-19(22-12-14-9-8-13(2)26-14)21-10-11-23-17(24)15-6-4-5-7-16(15)18(23)25;/h4-9H,3,10-12H2,1-2H3,(H2,20,21,22);1H. The van der Waals surface area contributed by atoms with Crippen LogP contribution in [-0.2, 0) is 6.54 Å². The first-order valence-corrected chi connectivity index (χ1v) is 9.44. The molecule has 0 saturated carbocycles. The van der Waals surface area contributed by atoms with Gasteiger partial charge in [0, 0.05) is 29.4 Å². The number of imide groups is 1. The zero-order valence-corrected chi connectivity index (χ0v) is 18.5. The Morgan fingerprint density at radius 2 is 1.74 bits per heavy atom.